The van der Waals surface area contributed by atoms with Crippen molar-refractivity contribution in [3.8, 4) is 67.5 Å². The highest BCUT2D eigenvalue weighted by molar-refractivity contribution is 5.97. The molecule has 0 atom stereocenters. The van der Waals surface area contributed by atoms with E-state index in [1.165, 1.54) is 0 Å². The van der Waals surface area contributed by atoms with Crippen LogP contribution in [0.25, 0.3) is 72.7 Å². The highest BCUT2D eigenvalue weighted by Gasteiger charge is 2.24. The summed E-state index contributed by atoms with van der Waals surface area (Å²) in [6.45, 7) is 15.0. The second-order valence-electron chi connectivity index (χ2n) is 17.2. The van der Waals surface area contributed by atoms with Crippen molar-refractivity contribution in [1.82, 2.24) is 14.5 Å². The zero-order chi connectivity index (χ0) is 46.1. The third-order valence-electron chi connectivity index (χ3n) is 11.3. The summed E-state index contributed by atoms with van der Waals surface area (Å²) in [4.78, 5) is 10.2. The molecule has 0 spiro atoms. The van der Waals surface area contributed by atoms with E-state index in [1.54, 1.807) is 6.07 Å². The maximum absolute atomic E-state index is 11.8. The van der Waals surface area contributed by atoms with Gasteiger partial charge in [-0.25, -0.2) is 4.98 Å². The fourth-order valence-corrected chi connectivity index (χ4v) is 8.23. The lowest BCUT2D eigenvalue weighted by atomic mass is 9.83. The van der Waals surface area contributed by atoms with Crippen LogP contribution in [0.3, 0.4) is 0 Å². The second kappa shape index (κ2) is 15.5. The van der Waals surface area contributed by atoms with Gasteiger partial charge in [-0.1, -0.05) is 127 Å². The molecule has 6 aromatic carbocycles. The van der Waals surface area contributed by atoms with Gasteiger partial charge in [-0.3, -0.25) is 9.55 Å². The van der Waals surface area contributed by atoms with Gasteiger partial charge in [0.25, 0.3) is 0 Å². The van der Waals surface area contributed by atoms with Crippen molar-refractivity contribution in [2.45, 2.75) is 86.4 Å². The number of pyridine rings is 1. The van der Waals surface area contributed by atoms with E-state index >= 15 is 0 Å². The normalized spacial score (nSPS) is 13.7. The Morgan fingerprint density at radius 3 is 2.05 bits per heavy atom. The lowest BCUT2D eigenvalue weighted by molar-refractivity contribution is 0.472. The number of para-hydroxylation sites is 1. The third-order valence-corrected chi connectivity index (χ3v) is 11.3. The summed E-state index contributed by atoms with van der Waals surface area (Å²) < 4.78 is 47.1. The van der Waals surface area contributed by atoms with Crippen LogP contribution < -0.4 is 0 Å². The first-order valence-corrected chi connectivity index (χ1v) is 20.3. The fourth-order valence-electron chi connectivity index (χ4n) is 8.23. The van der Waals surface area contributed by atoms with Crippen LogP contribution in [0.15, 0.2) is 134 Å². The minimum atomic E-state index is -2.60. The second-order valence-corrected chi connectivity index (χ2v) is 17.2. The average molecular weight is 779 g/mol. The van der Waals surface area contributed by atoms with Crippen molar-refractivity contribution in [1.29, 1.82) is 0 Å². The maximum Gasteiger partial charge on any atom is 0.149 e. The number of aromatic hydroxyl groups is 1. The molecule has 0 radical (unpaired) electrons. The van der Waals surface area contributed by atoms with Gasteiger partial charge in [0, 0.05) is 24.2 Å². The largest absolute Gasteiger partial charge is 0.507 e. The molecule has 0 aliphatic rings. The number of aromatic nitrogens is 3. The van der Waals surface area contributed by atoms with Crippen molar-refractivity contribution < 1.29 is 12.0 Å². The summed E-state index contributed by atoms with van der Waals surface area (Å²) in [6.07, 6.45) is 1.85. The lowest BCUT2D eigenvalue weighted by Crippen LogP contribution is -2.11. The Balaban J connectivity index is 1.42. The number of aryl methyl sites for hydroxylation is 3. The summed E-state index contributed by atoms with van der Waals surface area (Å²) in [5.74, 6) is -1.61. The van der Waals surface area contributed by atoms with Gasteiger partial charge in [-0.15, -0.1) is 0 Å². The highest BCUT2D eigenvalue weighted by atomic mass is 16.3. The number of phenols is 1. The van der Waals surface area contributed by atoms with E-state index in [4.69, 9.17) is 16.8 Å². The Kier molecular flexibility index (Phi) is 8.84. The molecule has 4 heteroatoms. The molecule has 0 aliphatic carbocycles. The molecule has 296 valence electrons. The molecule has 8 aromatic rings. The van der Waals surface area contributed by atoms with Crippen molar-refractivity contribution in [2.24, 2.45) is 0 Å². The predicted molar refractivity (Wildman–Crippen MR) is 249 cm³/mol. The predicted octanol–water partition coefficient (Wildman–Crippen LogP) is 14.9. The van der Waals surface area contributed by atoms with Gasteiger partial charge >= 0.3 is 0 Å². The molecular weight excluding hydrogens is 719 g/mol. The van der Waals surface area contributed by atoms with Crippen molar-refractivity contribution in [2.75, 3.05) is 0 Å². The first kappa shape index (κ1) is 33.7. The van der Waals surface area contributed by atoms with E-state index < -0.39 is 18.6 Å². The molecular formula is C55H55N3O. The van der Waals surface area contributed by atoms with Gasteiger partial charge in [-0.2, -0.15) is 0 Å². The van der Waals surface area contributed by atoms with Crippen molar-refractivity contribution in [3.05, 3.63) is 167 Å². The highest BCUT2D eigenvalue weighted by Crippen LogP contribution is 2.43. The van der Waals surface area contributed by atoms with Crippen LogP contribution in [0.4, 0.5) is 0 Å². The van der Waals surface area contributed by atoms with Crippen LogP contribution in [-0.4, -0.2) is 19.6 Å². The van der Waals surface area contributed by atoms with E-state index in [0.29, 0.717) is 55.9 Å². The van der Waals surface area contributed by atoms with Gasteiger partial charge in [0.15, 0.2) is 0 Å². The van der Waals surface area contributed by atoms with E-state index in [-0.39, 0.29) is 16.7 Å². The SMILES string of the molecule is [2H]C([2H])([2H])c1cc(-c2c(C([2H])(C)C)cccc2C([2H])(C)C)ccc1-n1c(-c2cc(C)cc(C)c2O)nc2c(-c3cc(-c4cc(-c5ccccc5)ccn4)cc(C(C)(C)C)c3)cccc21. The first-order valence-electron chi connectivity index (χ1n) is 22.8. The van der Waals surface area contributed by atoms with Crippen LogP contribution in [0.5, 0.6) is 5.75 Å². The van der Waals surface area contributed by atoms with Crippen LogP contribution >= 0.6 is 0 Å². The summed E-state index contributed by atoms with van der Waals surface area (Å²) in [7, 11) is 0. The molecule has 0 saturated carbocycles. The minimum absolute atomic E-state index is 0.0612. The number of hydrogen-bond acceptors (Lipinski definition) is 3. The smallest absolute Gasteiger partial charge is 0.149 e. The lowest BCUT2D eigenvalue weighted by Gasteiger charge is -2.22. The molecule has 2 aromatic heterocycles. The number of phenolic OH excluding ortho intramolecular Hbond substituents is 1. The Bertz CT molecular complexity index is 3040. The van der Waals surface area contributed by atoms with Crippen LogP contribution in [-0.2, 0) is 5.41 Å². The molecule has 2 heterocycles. The molecule has 0 unspecified atom stereocenters. The number of nitrogens with zero attached hydrogens (tertiary/aromatic N) is 3. The monoisotopic (exact) mass is 778 g/mol. The van der Waals surface area contributed by atoms with Crippen molar-refractivity contribution in [3.63, 3.8) is 0 Å². The van der Waals surface area contributed by atoms with Crippen LogP contribution in [0.1, 0.15) is 100 Å². The molecule has 0 saturated heterocycles. The van der Waals surface area contributed by atoms with E-state index in [1.807, 2.05) is 137 Å². The van der Waals surface area contributed by atoms with E-state index in [2.05, 4.69) is 57.2 Å². The Morgan fingerprint density at radius 2 is 1.36 bits per heavy atom. The number of imidazole rings is 1. The molecule has 59 heavy (non-hydrogen) atoms. The summed E-state index contributed by atoms with van der Waals surface area (Å²) >= 11 is 0. The van der Waals surface area contributed by atoms with Crippen molar-refractivity contribution >= 4 is 11.0 Å². The number of fused-ring (bicyclic) bond motifs is 1. The quantitative estimate of drug-likeness (QED) is 0.167. The maximum atomic E-state index is 11.8. The molecule has 8 rings (SSSR count). The molecule has 1 N–H and O–H groups in total. The number of hydrogen-bond donors (Lipinski definition) is 1. The van der Waals surface area contributed by atoms with Crippen LogP contribution in [0.2, 0.25) is 0 Å². The summed E-state index contributed by atoms with van der Waals surface area (Å²) in [5, 5.41) is 11.8. The average Bonchev–Trinajstić information content (AvgIpc) is 3.63. The van der Waals surface area contributed by atoms with Gasteiger partial charge < -0.3 is 5.11 Å². The van der Waals surface area contributed by atoms with Gasteiger partial charge in [0.2, 0.25) is 0 Å². The van der Waals surface area contributed by atoms with Gasteiger partial charge in [-0.05, 0) is 148 Å². The van der Waals surface area contributed by atoms with Gasteiger partial charge in [0.05, 0.1) is 28.0 Å². The molecule has 4 nitrogen and oxygen atoms in total. The zero-order valence-electron chi connectivity index (χ0n) is 40.5. The van der Waals surface area contributed by atoms with Gasteiger partial charge in [0.1, 0.15) is 11.6 Å². The Hall–Kier alpha value is -6.26. The number of benzene rings is 6. The minimum Gasteiger partial charge on any atom is -0.507 e. The summed E-state index contributed by atoms with van der Waals surface area (Å²) in [5.41, 5.74) is 13.1. The Morgan fingerprint density at radius 1 is 0.644 bits per heavy atom. The first-order chi connectivity index (χ1) is 30.0. The third kappa shape index (κ3) is 7.49. The topological polar surface area (TPSA) is 50.9 Å². The summed E-state index contributed by atoms with van der Waals surface area (Å²) in [6, 6.07) is 41.8. The molecule has 0 amide bonds. The molecule has 0 aliphatic heterocycles. The van der Waals surface area contributed by atoms with Crippen LogP contribution in [0, 0.1) is 20.7 Å². The van der Waals surface area contributed by atoms with E-state index in [0.717, 1.165) is 44.6 Å². The Labute approximate surface area is 357 Å². The molecule has 0 bridgehead atoms. The fraction of sp³-hybridized carbons (Fsp3) is 0.236. The molecule has 0 fully saturated rings. The standard InChI is InChI=1S/C55H55N3O/c1-33(2)44-18-14-19-45(34(3)4)51(44)40-22-23-49(36(6)28-40)58-50-21-15-20-46(52(50)57-54(58)47-27-35(5)26-37(7)53(47)59)41-29-42(31-43(30-41)55(8,9)10)48-32-39(24-25-56-48)38-16-12-11-13-17-38/h11-34,59H,1-10H3/i6D3,33D,34D. The zero-order valence-corrected chi connectivity index (χ0v) is 35.5. The van der Waals surface area contributed by atoms with E-state index in [9.17, 15) is 5.11 Å². The number of rotatable bonds is 8.